The Morgan fingerprint density at radius 3 is 3.05 bits per heavy atom. The monoisotopic (exact) mass is 293 g/mol. The molecule has 6 heteroatoms. The van der Waals surface area contributed by atoms with Crippen LogP contribution in [-0.2, 0) is 4.74 Å². The maximum atomic E-state index is 11.9. The lowest BCUT2D eigenvalue weighted by molar-refractivity contribution is 0.0527. The van der Waals surface area contributed by atoms with Gasteiger partial charge < -0.3 is 20.5 Å². The molecule has 1 aliphatic rings. The number of aliphatic hydroxyl groups is 1. The normalized spacial score (nSPS) is 19.1. The van der Waals surface area contributed by atoms with E-state index in [0.29, 0.717) is 23.7 Å². The molecule has 0 aliphatic carbocycles. The number of anilines is 2. The van der Waals surface area contributed by atoms with Gasteiger partial charge in [-0.05, 0) is 25.8 Å². The number of carbonyl (C=O) groups excluding carboxylic acids is 1. The van der Waals surface area contributed by atoms with Crippen molar-refractivity contribution in [1.29, 1.82) is 0 Å². The lowest BCUT2D eigenvalue weighted by Gasteiger charge is -2.30. The molecule has 0 radical (unpaired) electrons. The minimum atomic E-state index is -0.436. The summed E-state index contributed by atoms with van der Waals surface area (Å²) in [6.45, 7) is 2.91. The van der Waals surface area contributed by atoms with Gasteiger partial charge in [0.2, 0.25) is 0 Å². The summed E-state index contributed by atoms with van der Waals surface area (Å²) in [4.78, 5) is 18.3. The molecule has 0 spiro atoms. The van der Waals surface area contributed by atoms with E-state index in [1.54, 1.807) is 19.2 Å². The molecule has 6 nitrogen and oxygen atoms in total. The molecule has 0 amide bonds. The van der Waals surface area contributed by atoms with Crippen LogP contribution in [0.3, 0.4) is 0 Å². The van der Waals surface area contributed by atoms with Crippen molar-refractivity contribution in [3.63, 3.8) is 0 Å². The van der Waals surface area contributed by atoms with E-state index in [-0.39, 0.29) is 12.6 Å². The van der Waals surface area contributed by atoms with Crippen LogP contribution in [0.25, 0.3) is 0 Å². The van der Waals surface area contributed by atoms with Crippen LogP contribution in [0.4, 0.5) is 11.5 Å². The van der Waals surface area contributed by atoms with E-state index in [0.717, 1.165) is 32.2 Å². The molecule has 2 heterocycles. The predicted octanol–water partition coefficient (Wildman–Crippen LogP) is 1.58. The highest BCUT2D eigenvalue weighted by atomic mass is 16.5. The third-order valence-electron chi connectivity index (χ3n) is 3.82. The van der Waals surface area contributed by atoms with Crippen LogP contribution in [0.5, 0.6) is 0 Å². The molecule has 116 valence electrons. The van der Waals surface area contributed by atoms with Crippen LogP contribution in [0.1, 0.15) is 43.0 Å². The highest BCUT2D eigenvalue weighted by Gasteiger charge is 2.25. The standard InChI is InChI=1S/C15H23N3O3/c1-2-21-15(20)12-7-8-17-14(13(12)16)18-9-5-3-4-6-11(18)10-19/h7-8,11,19H,2-6,9-10,16H2,1H3. The van der Waals surface area contributed by atoms with Crippen molar-refractivity contribution in [2.45, 2.75) is 38.6 Å². The summed E-state index contributed by atoms with van der Waals surface area (Å²) in [6, 6.07) is 1.57. The predicted molar refractivity (Wildman–Crippen MR) is 81.3 cm³/mol. The van der Waals surface area contributed by atoms with Crippen LogP contribution in [0.2, 0.25) is 0 Å². The molecule has 2 rings (SSSR count). The van der Waals surface area contributed by atoms with Crippen LogP contribution >= 0.6 is 0 Å². The van der Waals surface area contributed by atoms with Crippen molar-refractivity contribution in [1.82, 2.24) is 4.98 Å². The summed E-state index contributed by atoms with van der Waals surface area (Å²) in [6.07, 6.45) is 5.71. The molecule has 1 atom stereocenters. The fourth-order valence-corrected chi connectivity index (χ4v) is 2.72. The molecule has 1 aromatic rings. The van der Waals surface area contributed by atoms with Crippen molar-refractivity contribution in [3.05, 3.63) is 17.8 Å². The number of nitrogens with zero attached hydrogens (tertiary/aromatic N) is 2. The maximum Gasteiger partial charge on any atom is 0.340 e. The third kappa shape index (κ3) is 3.44. The second-order valence-electron chi connectivity index (χ2n) is 5.20. The summed E-state index contributed by atoms with van der Waals surface area (Å²) >= 11 is 0. The number of nitrogens with two attached hydrogens (primary N) is 1. The fourth-order valence-electron chi connectivity index (χ4n) is 2.72. The number of aliphatic hydroxyl groups excluding tert-OH is 1. The highest BCUT2D eigenvalue weighted by Crippen LogP contribution is 2.29. The van der Waals surface area contributed by atoms with E-state index in [1.165, 1.54) is 0 Å². The fraction of sp³-hybridized carbons (Fsp3) is 0.600. The lowest BCUT2D eigenvalue weighted by atomic mass is 10.1. The van der Waals surface area contributed by atoms with E-state index in [4.69, 9.17) is 10.5 Å². The van der Waals surface area contributed by atoms with Crippen molar-refractivity contribution >= 4 is 17.5 Å². The van der Waals surface area contributed by atoms with Gasteiger partial charge in [0.05, 0.1) is 30.5 Å². The number of pyridine rings is 1. The molecule has 1 saturated heterocycles. The zero-order chi connectivity index (χ0) is 15.2. The topological polar surface area (TPSA) is 88.7 Å². The van der Waals surface area contributed by atoms with E-state index < -0.39 is 5.97 Å². The van der Waals surface area contributed by atoms with E-state index in [9.17, 15) is 9.90 Å². The van der Waals surface area contributed by atoms with Crippen molar-refractivity contribution in [3.8, 4) is 0 Å². The first-order valence-corrected chi connectivity index (χ1v) is 7.48. The average Bonchev–Trinajstić information content (AvgIpc) is 2.72. The van der Waals surface area contributed by atoms with Crippen molar-refractivity contribution < 1.29 is 14.6 Å². The number of hydrogen-bond donors (Lipinski definition) is 2. The number of aromatic nitrogens is 1. The van der Waals surface area contributed by atoms with Crippen LogP contribution in [0.15, 0.2) is 12.3 Å². The number of nitrogen functional groups attached to an aromatic ring is 1. The van der Waals surface area contributed by atoms with Gasteiger partial charge >= 0.3 is 5.97 Å². The van der Waals surface area contributed by atoms with Gasteiger partial charge in [-0.2, -0.15) is 0 Å². The Morgan fingerprint density at radius 2 is 2.33 bits per heavy atom. The molecule has 0 saturated carbocycles. The number of hydrogen-bond acceptors (Lipinski definition) is 6. The Balaban J connectivity index is 2.33. The van der Waals surface area contributed by atoms with Crippen LogP contribution in [0, 0.1) is 0 Å². The number of carbonyl (C=O) groups is 1. The molecule has 0 bridgehead atoms. The van der Waals surface area contributed by atoms with Gasteiger partial charge in [0.25, 0.3) is 0 Å². The first-order chi connectivity index (χ1) is 10.2. The summed E-state index contributed by atoms with van der Waals surface area (Å²) in [5, 5.41) is 9.60. The molecule has 1 unspecified atom stereocenters. The minimum absolute atomic E-state index is 0.000236. The molecule has 3 N–H and O–H groups in total. The molecule has 21 heavy (non-hydrogen) atoms. The second kappa shape index (κ2) is 7.26. The lowest BCUT2D eigenvalue weighted by Crippen LogP contribution is -2.38. The van der Waals surface area contributed by atoms with Gasteiger partial charge in [-0.25, -0.2) is 9.78 Å². The first-order valence-electron chi connectivity index (χ1n) is 7.48. The third-order valence-corrected chi connectivity index (χ3v) is 3.82. The van der Waals surface area contributed by atoms with E-state index >= 15 is 0 Å². The Morgan fingerprint density at radius 1 is 1.52 bits per heavy atom. The zero-order valence-electron chi connectivity index (χ0n) is 12.4. The molecule has 1 fully saturated rings. The SMILES string of the molecule is CCOC(=O)c1ccnc(N2CCCCCC2CO)c1N. The average molecular weight is 293 g/mol. The van der Waals surface area contributed by atoms with Gasteiger partial charge in [-0.3, -0.25) is 0 Å². The zero-order valence-corrected chi connectivity index (χ0v) is 12.4. The molecule has 1 aliphatic heterocycles. The summed E-state index contributed by atoms with van der Waals surface area (Å²) in [5.41, 5.74) is 6.79. The number of esters is 1. The largest absolute Gasteiger partial charge is 0.462 e. The number of ether oxygens (including phenoxy) is 1. The Hall–Kier alpha value is -1.82. The second-order valence-corrected chi connectivity index (χ2v) is 5.20. The van der Waals surface area contributed by atoms with Gasteiger partial charge in [0, 0.05) is 12.7 Å². The van der Waals surface area contributed by atoms with Crippen LogP contribution in [-0.4, -0.2) is 41.9 Å². The van der Waals surface area contributed by atoms with Crippen molar-refractivity contribution in [2.75, 3.05) is 30.4 Å². The van der Waals surface area contributed by atoms with E-state index in [1.807, 2.05) is 4.90 Å². The summed E-state index contributed by atoms with van der Waals surface area (Å²) < 4.78 is 5.01. The van der Waals surface area contributed by atoms with Gasteiger partial charge in [-0.15, -0.1) is 0 Å². The first kappa shape index (κ1) is 15.6. The van der Waals surface area contributed by atoms with Gasteiger partial charge in [0.1, 0.15) is 0 Å². The summed E-state index contributed by atoms with van der Waals surface area (Å²) in [7, 11) is 0. The maximum absolute atomic E-state index is 11.9. The summed E-state index contributed by atoms with van der Waals surface area (Å²) in [5.74, 6) is 0.135. The van der Waals surface area contributed by atoms with Crippen molar-refractivity contribution in [2.24, 2.45) is 0 Å². The Kier molecular flexibility index (Phi) is 5.38. The van der Waals surface area contributed by atoms with Crippen LogP contribution < -0.4 is 10.6 Å². The molecular formula is C15H23N3O3. The Bertz CT molecular complexity index is 493. The highest BCUT2D eigenvalue weighted by molar-refractivity contribution is 5.97. The quantitative estimate of drug-likeness (QED) is 0.819. The number of rotatable bonds is 4. The minimum Gasteiger partial charge on any atom is -0.462 e. The van der Waals surface area contributed by atoms with E-state index in [2.05, 4.69) is 4.98 Å². The molecule has 1 aromatic heterocycles. The van der Waals surface area contributed by atoms with Gasteiger partial charge in [0.15, 0.2) is 5.82 Å². The molecule has 0 aromatic carbocycles. The molecular weight excluding hydrogens is 270 g/mol. The Labute approximate surface area is 124 Å². The smallest absolute Gasteiger partial charge is 0.340 e. The van der Waals surface area contributed by atoms with Gasteiger partial charge in [-0.1, -0.05) is 12.8 Å².